The van der Waals surface area contributed by atoms with Crippen molar-refractivity contribution in [2.45, 2.75) is 48.2 Å². The highest BCUT2D eigenvalue weighted by Crippen LogP contribution is 2.48. The highest BCUT2D eigenvalue weighted by molar-refractivity contribution is 7.98. The first-order valence-corrected chi connectivity index (χ1v) is 9.54. The molecular weight excluding hydrogens is 300 g/mol. The molecule has 2 aromatic carbocycles. The Hall–Kier alpha value is -1.45. The molecule has 3 heteroatoms. The lowest BCUT2D eigenvalue weighted by molar-refractivity contribution is 0.969. The van der Waals surface area contributed by atoms with Gasteiger partial charge in [0.15, 0.2) is 0 Å². The maximum Gasteiger partial charge on any atom is 0.0652 e. The van der Waals surface area contributed by atoms with Gasteiger partial charge in [0.1, 0.15) is 0 Å². The maximum atomic E-state index is 6.08. The maximum absolute atomic E-state index is 6.08. The van der Waals surface area contributed by atoms with E-state index in [-0.39, 0.29) is 0 Å². The van der Waals surface area contributed by atoms with Crippen LogP contribution in [0.4, 0.5) is 5.69 Å². The molecule has 0 radical (unpaired) electrons. The standard InChI is InChI=1S/C20H24N2S/c1-22(21)19-8-4-7-18(15-11-12-15)20(19)23-13-16-5-2-3-6-17(16)14-9-10-14/h2-8,14-15H,9-13,21H2,1H3. The van der Waals surface area contributed by atoms with E-state index in [4.69, 9.17) is 5.84 Å². The molecule has 4 rings (SSSR count). The number of anilines is 1. The zero-order valence-electron chi connectivity index (χ0n) is 13.7. The van der Waals surface area contributed by atoms with Crippen LogP contribution in [0.3, 0.4) is 0 Å². The molecule has 23 heavy (non-hydrogen) atoms. The molecule has 2 fully saturated rings. The molecule has 0 spiro atoms. The van der Waals surface area contributed by atoms with Gasteiger partial charge in [-0.2, -0.15) is 0 Å². The molecule has 2 aromatic rings. The van der Waals surface area contributed by atoms with Crippen molar-refractivity contribution < 1.29 is 0 Å². The SMILES string of the molecule is CN(N)c1cccc(C2CC2)c1SCc1ccccc1C1CC1. The second-order valence-electron chi connectivity index (χ2n) is 6.84. The summed E-state index contributed by atoms with van der Waals surface area (Å²) in [5.74, 6) is 8.67. The van der Waals surface area contributed by atoms with Gasteiger partial charge in [0.2, 0.25) is 0 Å². The van der Waals surface area contributed by atoms with E-state index in [9.17, 15) is 0 Å². The molecule has 120 valence electrons. The van der Waals surface area contributed by atoms with Gasteiger partial charge in [-0.25, -0.2) is 5.84 Å². The first-order chi connectivity index (χ1) is 11.2. The average Bonchev–Trinajstić information content (AvgIpc) is 3.46. The van der Waals surface area contributed by atoms with E-state index in [2.05, 4.69) is 42.5 Å². The Morgan fingerprint density at radius 1 is 0.957 bits per heavy atom. The third kappa shape index (κ3) is 3.26. The van der Waals surface area contributed by atoms with Crippen LogP contribution in [0.2, 0.25) is 0 Å². The molecule has 0 amide bonds. The van der Waals surface area contributed by atoms with Crippen molar-refractivity contribution in [3.63, 3.8) is 0 Å². The fourth-order valence-electron chi connectivity index (χ4n) is 3.30. The van der Waals surface area contributed by atoms with Crippen LogP contribution in [0, 0.1) is 0 Å². The molecule has 2 saturated carbocycles. The molecule has 0 aliphatic heterocycles. The highest BCUT2D eigenvalue weighted by atomic mass is 32.2. The number of benzene rings is 2. The summed E-state index contributed by atoms with van der Waals surface area (Å²) >= 11 is 1.96. The topological polar surface area (TPSA) is 29.3 Å². The van der Waals surface area contributed by atoms with Crippen molar-refractivity contribution in [3.8, 4) is 0 Å². The summed E-state index contributed by atoms with van der Waals surface area (Å²) in [6.07, 6.45) is 5.36. The fraction of sp³-hybridized carbons (Fsp3) is 0.400. The molecule has 0 bridgehead atoms. The van der Waals surface area contributed by atoms with E-state index in [1.165, 1.54) is 41.7 Å². The Labute approximate surface area is 143 Å². The zero-order chi connectivity index (χ0) is 15.8. The minimum atomic E-state index is 0.746. The van der Waals surface area contributed by atoms with Crippen LogP contribution in [0.1, 0.15) is 54.2 Å². The summed E-state index contributed by atoms with van der Waals surface area (Å²) in [4.78, 5) is 1.38. The minimum absolute atomic E-state index is 0.746. The molecular formula is C20H24N2S. The van der Waals surface area contributed by atoms with E-state index < -0.39 is 0 Å². The van der Waals surface area contributed by atoms with Gasteiger partial charge in [-0.1, -0.05) is 36.4 Å². The first-order valence-electron chi connectivity index (χ1n) is 8.56. The Balaban J connectivity index is 1.61. The summed E-state index contributed by atoms with van der Waals surface area (Å²) in [6, 6.07) is 15.5. The Kier molecular flexibility index (Phi) is 4.08. The van der Waals surface area contributed by atoms with Crippen molar-refractivity contribution in [2.75, 3.05) is 12.1 Å². The fourth-order valence-corrected chi connectivity index (χ4v) is 4.63. The normalized spacial score (nSPS) is 17.3. The monoisotopic (exact) mass is 324 g/mol. The summed E-state index contributed by atoms with van der Waals surface area (Å²) in [5, 5.41) is 1.76. The highest BCUT2D eigenvalue weighted by Gasteiger charge is 2.28. The second-order valence-corrected chi connectivity index (χ2v) is 7.83. The number of hydrazine groups is 1. The van der Waals surface area contributed by atoms with Crippen LogP contribution in [-0.4, -0.2) is 7.05 Å². The van der Waals surface area contributed by atoms with Crippen molar-refractivity contribution in [1.82, 2.24) is 0 Å². The molecule has 2 aliphatic carbocycles. The molecule has 2 N–H and O–H groups in total. The third-order valence-electron chi connectivity index (χ3n) is 4.87. The Morgan fingerprint density at radius 3 is 2.30 bits per heavy atom. The van der Waals surface area contributed by atoms with Crippen LogP contribution in [-0.2, 0) is 5.75 Å². The van der Waals surface area contributed by atoms with Gasteiger partial charge in [-0.3, -0.25) is 0 Å². The van der Waals surface area contributed by atoms with Crippen molar-refractivity contribution >= 4 is 17.4 Å². The predicted molar refractivity (Wildman–Crippen MR) is 99.0 cm³/mol. The molecule has 0 unspecified atom stereocenters. The Morgan fingerprint density at radius 2 is 1.61 bits per heavy atom. The number of nitrogens with zero attached hydrogens (tertiary/aromatic N) is 1. The zero-order valence-corrected chi connectivity index (χ0v) is 14.5. The van der Waals surface area contributed by atoms with Crippen molar-refractivity contribution in [3.05, 3.63) is 59.2 Å². The molecule has 0 atom stereocenters. The summed E-state index contributed by atoms with van der Waals surface area (Å²) in [5.41, 5.74) is 5.71. The molecule has 0 aromatic heterocycles. The van der Waals surface area contributed by atoms with E-state index in [0.29, 0.717) is 0 Å². The van der Waals surface area contributed by atoms with Gasteiger partial charge in [0.25, 0.3) is 0 Å². The summed E-state index contributed by atoms with van der Waals surface area (Å²) < 4.78 is 0. The van der Waals surface area contributed by atoms with Gasteiger partial charge in [-0.15, -0.1) is 11.8 Å². The number of nitrogens with two attached hydrogens (primary N) is 1. The summed E-state index contributed by atoms with van der Waals surface area (Å²) in [7, 11) is 1.94. The molecule has 2 nitrogen and oxygen atoms in total. The molecule has 0 heterocycles. The number of hydrogen-bond acceptors (Lipinski definition) is 3. The number of thioether (sulfide) groups is 1. The van der Waals surface area contributed by atoms with Gasteiger partial charge in [0, 0.05) is 17.7 Å². The smallest absolute Gasteiger partial charge is 0.0652 e. The van der Waals surface area contributed by atoms with Crippen LogP contribution in [0.25, 0.3) is 0 Å². The van der Waals surface area contributed by atoms with E-state index in [1.54, 1.807) is 10.6 Å². The van der Waals surface area contributed by atoms with Crippen LogP contribution >= 0.6 is 11.8 Å². The average molecular weight is 324 g/mol. The van der Waals surface area contributed by atoms with Crippen molar-refractivity contribution in [1.29, 1.82) is 0 Å². The Bertz CT molecular complexity index is 682. The molecule has 0 saturated heterocycles. The van der Waals surface area contributed by atoms with Crippen LogP contribution in [0.5, 0.6) is 0 Å². The lowest BCUT2D eigenvalue weighted by atomic mass is 10.1. The quantitative estimate of drug-likeness (QED) is 0.458. The predicted octanol–water partition coefficient (Wildman–Crippen LogP) is 5.04. The van der Waals surface area contributed by atoms with E-state index in [0.717, 1.165) is 23.3 Å². The van der Waals surface area contributed by atoms with Crippen LogP contribution in [0.15, 0.2) is 47.4 Å². The number of rotatable bonds is 6. The first kappa shape index (κ1) is 15.1. The van der Waals surface area contributed by atoms with E-state index in [1.807, 2.05) is 18.8 Å². The van der Waals surface area contributed by atoms with Gasteiger partial charge in [0.05, 0.1) is 5.69 Å². The van der Waals surface area contributed by atoms with Gasteiger partial charge < -0.3 is 5.01 Å². The third-order valence-corrected chi connectivity index (χ3v) is 6.06. The largest absolute Gasteiger partial charge is 0.313 e. The van der Waals surface area contributed by atoms with Crippen LogP contribution < -0.4 is 10.9 Å². The van der Waals surface area contributed by atoms with Gasteiger partial charge >= 0.3 is 0 Å². The number of hydrogen-bond donors (Lipinski definition) is 1. The minimum Gasteiger partial charge on any atom is -0.313 e. The summed E-state index contributed by atoms with van der Waals surface area (Å²) in [6.45, 7) is 0. The van der Waals surface area contributed by atoms with Gasteiger partial charge in [-0.05, 0) is 60.3 Å². The lowest BCUT2D eigenvalue weighted by Gasteiger charge is -2.20. The van der Waals surface area contributed by atoms with Crippen molar-refractivity contribution in [2.24, 2.45) is 5.84 Å². The lowest BCUT2D eigenvalue weighted by Crippen LogP contribution is -2.25. The molecule has 2 aliphatic rings. The second kappa shape index (κ2) is 6.21. The van der Waals surface area contributed by atoms with E-state index >= 15 is 0 Å².